The summed E-state index contributed by atoms with van der Waals surface area (Å²) >= 11 is 0. The lowest BCUT2D eigenvalue weighted by Gasteiger charge is -2.10. The smallest absolute Gasteiger partial charge is 0.0351 e. The molecule has 0 aliphatic heterocycles. The minimum atomic E-state index is 0.953. The van der Waals surface area contributed by atoms with Crippen LogP contribution in [-0.4, -0.2) is 0 Å². The molecular formula is C11H17N. The van der Waals surface area contributed by atoms with Gasteiger partial charge in [-0.1, -0.05) is 19.9 Å². The average Bonchev–Trinajstić information content (AvgIpc) is 2.03. The summed E-state index contributed by atoms with van der Waals surface area (Å²) in [5, 5.41) is 0. The molecule has 0 heterocycles. The van der Waals surface area contributed by atoms with E-state index < -0.39 is 0 Å². The molecule has 1 nitrogen and oxygen atoms in total. The Morgan fingerprint density at radius 2 is 1.83 bits per heavy atom. The van der Waals surface area contributed by atoms with Crippen LogP contribution in [0.15, 0.2) is 12.1 Å². The Balaban J connectivity index is 3.24. The topological polar surface area (TPSA) is 26.0 Å². The highest BCUT2D eigenvalue weighted by Gasteiger charge is 2.03. The predicted octanol–water partition coefficient (Wildman–Crippen LogP) is 2.70. The van der Waals surface area contributed by atoms with Crippen molar-refractivity contribution in [2.75, 3.05) is 5.73 Å². The number of anilines is 1. The van der Waals surface area contributed by atoms with Crippen LogP contribution in [0.3, 0.4) is 0 Å². The fraction of sp³-hybridized carbons (Fsp3) is 0.455. The van der Waals surface area contributed by atoms with Crippen molar-refractivity contribution in [3.8, 4) is 0 Å². The maximum absolute atomic E-state index is 5.91. The SMILES string of the molecule is CCc1cc(C)cc(N)c1CC. The van der Waals surface area contributed by atoms with Crippen LogP contribution in [0.5, 0.6) is 0 Å². The summed E-state index contributed by atoms with van der Waals surface area (Å²) in [4.78, 5) is 0. The molecule has 1 aromatic carbocycles. The van der Waals surface area contributed by atoms with Crippen LogP contribution < -0.4 is 5.73 Å². The molecule has 0 spiro atoms. The molecule has 1 heteroatoms. The van der Waals surface area contributed by atoms with Gasteiger partial charge in [-0.2, -0.15) is 0 Å². The fourth-order valence-corrected chi connectivity index (χ4v) is 1.67. The lowest BCUT2D eigenvalue weighted by Crippen LogP contribution is -1.99. The second-order valence-electron chi connectivity index (χ2n) is 3.20. The van der Waals surface area contributed by atoms with E-state index in [1.807, 2.05) is 0 Å². The van der Waals surface area contributed by atoms with Crippen molar-refractivity contribution in [1.29, 1.82) is 0 Å². The van der Waals surface area contributed by atoms with Gasteiger partial charge in [0.15, 0.2) is 0 Å². The van der Waals surface area contributed by atoms with E-state index in [1.54, 1.807) is 0 Å². The molecule has 0 atom stereocenters. The Morgan fingerprint density at radius 3 is 2.33 bits per heavy atom. The molecule has 0 saturated carbocycles. The summed E-state index contributed by atoms with van der Waals surface area (Å²) in [6.07, 6.45) is 2.12. The van der Waals surface area contributed by atoms with Gasteiger partial charge >= 0.3 is 0 Å². The van der Waals surface area contributed by atoms with Crippen molar-refractivity contribution < 1.29 is 0 Å². The number of nitrogens with two attached hydrogens (primary N) is 1. The molecule has 1 aromatic rings. The maximum Gasteiger partial charge on any atom is 0.0351 e. The second-order valence-corrected chi connectivity index (χ2v) is 3.20. The zero-order chi connectivity index (χ0) is 9.14. The standard InChI is InChI=1S/C11H17N/c1-4-9-6-8(3)7-11(12)10(9)5-2/h6-7H,4-5,12H2,1-3H3. The largest absolute Gasteiger partial charge is 0.398 e. The van der Waals surface area contributed by atoms with Crippen molar-refractivity contribution in [2.24, 2.45) is 0 Å². The summed E-state index contributed by atoms with van der Waals surface area (Å²) in [7, 11) is 0. The molecule has 0 radical (unpaired) electrons. The minimum absolute atomic E-state index is 0.953. The molecule has 2 N–H and O–H groups in total. The number of hydrogen-bond donors (Lipinski definition) is 1. The van der Waals surface area contributed by atoms with Gasteiger partial charge in [0.25, 0.3) is 0 Å². The monoisotopic (exact) mass is 163 g/mol. The van der Waals surface area contributed by atoms with Gasteiger partial charge in [-0.15, -0.1) is 0 Å². The molecular weight excluding hydrogens is 146 g/mol. The highest BCUT2D eigenvalue weighted by molar-refractivity contribution is 5.53. The number of rotatable bonds is 2. The second kappa shape index (κ2) is 3.61. The van der Waals surface area contributed by atoms with Crippen molar-refractivity contribution in [2.45, 2.75) is 33.6 Å². The maximum atomic E-state index is 5.91. The Labute approximate surface area is 74.6 Å². The van der Waals surface area contributed by atoms with Crippen LogP contribution in [0.1, 0.15) is 30.5 Å². The van der Waals surface area contributed by atoms with Crippen LogP contribution >= 0.6 is 0 Å². The Bertz CT molecular complexity index is 277. The van der Waals surface area contributed by atoms with Crippen molar-refractivity contribution >= 4 is 5.69 Å². The van der Waals surface area contributed by atoms with Gasteiger partial charge in [-0.25, -0.2) is 0 Å². The van der Waals surface area contributed by atoms with Crippen LogP contribution in [0.4, 0.5) is 5.69 Å². The number of hydrogen-bond acceptors (Lipinski definition) is 1. The van der Waals surface area contributed by atoms with Crippen LogP contribution in [0, 0.1) is 6.92 Å². The first-order chi connectivity index (χ1) is 5.69. The fourth-order valence-electron chi connectivity index (χ4n) is 1.67. The molecule has 12 heavy (non-hydrogen) atoms. The van der Waals surface area contributed by atoms with E-state index in [0.29, 0.717) is 0 Å². The summed E-state index contributed by atoms with van der Waals surface area (Å²) in [6.45, 7) is 6.42. The molecule has 66 valence electrons. The van der Waals surface area contributed by atoms with Gasteiger partial charge in [0.05, 0.1) is 0 Å². The molecule has 0 unspecified atom stereocenters. The number of nitrogen functional groups attached to an aromatic ring is 1. The van der Waals surface area contributed by atoms with Gasteiger partial charge in [-0.05, 0) is 42.5 Å². The van der Waals surface area contributed by atoms with Crippen LogP contribution in [-0.2, 0) is 12.8 Å². The predicted molar refractivity (Wildman–Crippen MR) is 54.3 cm³/mol. The van der Waals surface area contributed by atoms with E-state index >= 15 is 0 Å². The molecule has 0 amide bonds. The molecule has 0 aliphatic carbocycles. The molecule has 1 rings (SSSR count). The third-order valence-corrected chi connectivity index (χ3v) is 2.26. The molecule has 0 bridgehead atoms. The molecule has 0 fully saturated rings. The van der Waals surface area contributed by atoms with Crippen LogP contribution in [0.2, 0.25) is 0 Å². The van der Waals surface area contributed by atoms with E-state index in [4.69, 9.17) is 5.73 Å². The molecule has 0 aliphatic rings. The first-order valence-electron chi connectivity index (χ1n) is 4.56. The normalized spacial score (nSPS) is 10.2. The number of aryl methyl sites for hydroxylation is 2. The van der Waals surface area contributed by atoms with E-state index in [0.717, 1.165) is 18.5 Å². The van der Waals surface area contributed by atoms with Gasteiger partial charge in [0.1, 0.15) is 0 Å². The first kappa shape index (κ1) is 9.11. The zero-order valence-electron chi connectivity index (χ0n) is 8.15. The number of benzene rings is 1. The Morgan fingerprint density at radius 1 is 1.17 bits per heavy atom. The van der Waals surface area contributed by atoms with E-state index in [-0.39, 0.29) is 0 Å². The third-order valence-electron chi connectivity index (χ3n) is 2.26. The van der Waals surface area contributed by atoms with Gasteiger partial charge in [-0.3, -0.25) is 0 Å². The minimum Gasteiger partial charge on any atom is -0.398 e. The van der Waals surface area contributed by atoms with Crippen molar-refractivity contribution in [1.82, 2.24) is 0 Å². The first-order valence-corrected chi connectivity index (χ1v) is 4.56. The average molecular weight is 163 g/mol. The summed E-state index contributed by atoms with van der Waals surface area (Å²) in [6, 6.07) is 4.28. The van der Waals surface area contributed by atoms with E-state index in [9.17, 15) is 0 Å². The van der Waals surface area contributed by atoms with E-state index in [2.05, 4.69) is 32.9 Å². The molecule has 0 aromatic heterocycles. The Kier molecular flexibility index (Phi) is 2.74. The van der Waals surface area contributed by atoms with Gasteiger partial charge < -0.3 is 5.73 Å². The summed E-state index contributed by atoms with van der Waals surface area (Å²) in [5.41, 5.74) is 10.8. The highest BCUT2D eigenvalue weighted by atomic mass is 14.6. The highest BCUT2D eigenvalue weighted by Crippen LogP contribution is 2.20. The summed E-state index contributed by atoms with van der Waals surface area (Å²) < 4.78 is 0. The Hall–Kier alpha value is -0.980. The van der Waals surface area contributed by atoms with E-state index in [1.165, 1.54) is 16.7 Å². The molecule has 0 saturated heterocycles. The van der Waals surface area contributed by atoms with Gasteiger partial charge in [0, 0.05) is 5.69 Å². The summed E-state index contributed by atoms with van der Waals surface area (Å²) in [5.74, 6) is 0. The van der Waals surface area contributed by atoms with Crippen molar-refractivity contribution in [3.05, 3.63) is 28.8 Å². The van der Waals surface area contributed by atoms with Crippen molar-refractivity contribution in [3.63, 3.8) is 0 Å². The lowest BCUT2D eigenvalue weighted by atomic mass is 9.98. The quantitative estimate of drug-likeness (QED) is 0.666. The van der Waals surface area contributed by atoms with Gasteiger partial charge in [0.2, 0.25) is 0 Å². The van der Waals surface area contributed by atoms with Crippen LogP contribution in [0.25, 0.3) is 0 Å². The zero-order valence-corrected chi connectivity index (χ0v) is 8.15. The lowest BCUT2D eigenvalue weighted by molar-refractivity contribution is 1.04. The third kappa shape index (κ3) is 1.60.